The number of benzene rings is 2. The molecule has 0 aliphatic heterocycles. The lowest BCUT2D eigenvalue weighted by molar-refractivity contribution is 0.544. The van der Waals surface area contributed by atoms with Crippen molar-refractivity contribution in [1.29, 1.82) is 0 Å². The van der Waals surface area contributed by atoms with Crippen LogP contribution in [0.3, 0.4) is 0 Å². The smallest absolute Gasteiger partial charge is 0.131 e. The van der Waals surface area contributed by atoms with Crippen molar-refractivity contribution in [2.45, 2.75) is 13.0 Å². The summed E-state index contributed by atoms with van der Waals surface area (Å²) in [4.78, 5) is 1.91. The van der Waals surface area contributed by atoms with Gasteiger partial charge in [-0.25, -0.2) is 8.78 Å². The molecule has 0 radical (unpaired) electrons. The van der Waals surface area contributed by atoms with Gasteiger partial charge in [-0.05, 0) is 37.3 Å². The Hall–Kier alpha value is -1.81. The Morgan fingerprint density at radius 1 is 1.10 bits per heavy atom. The van der Waals surface area contributed by atoms with Crippen LogP contribution in [0.25, 0.3) is 0 Å². The first kappa shape index (κ1) is 15.6. The highest BCUT2D eigenvalue weighted by Gasteiger charge is 2.17. The highest BCUT2D eigenvalue weighted by molar-refractivity contribution is 6.31. The lowest BCUT2D eigenvalue weighted by Gasteiger charge is -2.23. The maximum absolute atomic E-state index is 13.8. The molecule has 1 N–H and O–H groups in total. The second-order valence-electron chi connectivity index (χ2n) is 5.06. The van der Waals surface area contributed by atoms with E-state index in [0.717, 1.165) is 11.4 Å². The topological polar surface area (TPSA) is 15.3 Å². The Bertz CT molecular complexity index is 624. The Kier molecular flexibility index (Phi) is 4.68. The maximum atomic E-state index is 13.8. The molecule has 0 heterocycles. The third-order valence-electron chi connectivity index (χ3n) is 3.25. The van der Waals surface area contributed by atoms with Gasteiger partial charge in [-0.15, -0.1) is 0 Å². The van der Waals surface area contributed by atoms with Gasteiger partial charge in [0.25, 0.3) is 0 Å². The van der Waals surface area contributed by atoms with Crippen LogP contribution in [0.5, 0.6) is 0 Å². The van der Waals surface area contributed by atoms with Crippen molar-refractivity contribution < 1.29 is 8.78 Å². The third-order valence-corrected chi connectivity index (χ3v) is 3.48. The van der Waals surface area contributed by atoms with E-state index in [1.54, 1.807) is 19.1 Å². The molecule has 2 nitrogen and oxygen atoms in total. The van der Waals surface area contributed by atoms with Crippen LogP contribution < -0.4 is 10.2 Å². The van der Waals surface area contributed by atoms with E-state index in [-0.39, 0.29) is 5.56 Å². The molecule has 112 valence electrons. The second kappa shape index (κ2) is 6.31. The van der Waals surface area contributed by atoms with E-state index >= 15 is 0 Å². The Morgan fingerprint density at radius 3 is 2.29 bits per heavy atom. The summed E-state index contributed by atoms with van der Waals surface area (Å²) in [6.07, 6.45) is 0. The summed E-state index contributed by atoms with van der Waals surface area (Å²) < 4.78 is 27.7. The molecule has 1 unspecified atom stereocenters. The van der Waals surface area contributed by atoms with E-state index in [2.05, 4.69) is 5.32 Å². The van der Waals surface area contributed by atoms with Gasteiger partial charge >= 0.3 is 0 Å². The lowest BCUT2D eigenvalue weighted by Crippen LogP contribution is -2.15. The van der Waals surface area contributed by atoms with Gasteiger partial charge in [0.05, 0.1) is 17.4 Å². The van der Waals surface area contributed by atoms with Gasteiger partial charge in [0.2, 0.25) is 0 Å². The number of hydrogen-bond acceptors (Lipinski definition) is 2. The Labute approximate surface area is 128 Å². The third kappa shape index (κ3) is 3.45. The summed E-state index contributed by atoms with van der Waals surface area (Å²) in [6, 6.07) is 8.70. The van der Waals surface area contributed by atoms with Crippen LogP contribution in [0.2, 0.25) is 5.02 Å². The molecule has 0 bridgehead atoms. The van der Waals surface area contributed by atoms with Crippen LogP contribution in [0.1, 0.15) is 18.5 Å². The van der Waals surface area contributed by atoms with Gasteiger partial charge < -0.3 is 10.2 Å². The highest BCUT2D eigenvalue weighted by atomic mass is 35.5. The molecule has 2 aromatic rings. The normalized spacial score (nSPS) is 12.1. The molecule has 0 amide bonds. The Balaban J connectivity index is 2.36. The van der Waals surface area contributed by atoms with Gasteiger partial charge in [-0.1, -0.05) is 17.7 Å². The van der Waals surface area contributed by atoms with E-state index in [0.29, 0.717) is 5.02 Å². The van der Waals surface area contributed by atoms with Gasteiger partial charge in [-0.3, -0.25) is 0 Å². The minimum atomic E-state index is -0.566. The first-order valence-electron chi connectivity index (χ1n) is 6.57. The summed E-state index contributed by atoms with van der Waals surface area (Å²) in [5, 5.41) is 3.68. The van der Waals surface area contributed by atoms with Crippen molar-refractivity contribution in [3.05, 3.63) is 58.6 Å². The molecule has 0 spiro atoms. The summed E-state index contributed by atoms with van der Waals surface area (Å²) in [7, 11) is 3.78. The van der Waals surface area contributed by atoms with Crippen molar-refractivity contribution in [2.75, 3.05) is 24.3 Å². The molecule has 0 saturated carbocycles. The maximum Gasteiger partial charge on any atom is 0.131 e. The minimum Gasteiger partial charge on any atom is -0.377 e. The van der Waals surface area contributed by atoms with Gasteiger partial charge in [-0.2, -0.15) is 0 Å². The van der Waals surface area contributed by atoms with E-state index in [9.17, 15) is 8.78 Å². The number of nitrogens with one attached hydrogen (secondary N) is 1. The van der Waals surface area contributed by atoms with Crippen LogP contribution in [-0.4, -0.2) is 14.1 Å². The highest BCUT2D eigenvalue weighted by Crippen LogP contribution is 2.32. The fourth-order valence-electron chi connectivity index (χ4n) is 2.24. The largest absolute Gasteiger partial charge is 0.377 e. The SMILES string of the molecule is CC(Nc1cc(Cl)ccc1N(C)C)c1c(F)cccc1F. The second-order valence-corrected chi connectivity index (χ2v) is 5.49. The van der Waals surface area contributed by atoms with Gasteiger partial charge in [0.1, 0.15) is 11.6 Å². The molecule has 0 aliphatic rings. The van der Waals surface area contributed by atoms with Crippen LogP contribution in [-0.2, 0) is 0 Å². The first-order chi connectivity index (χ1) is 9.90. The molecule has 2 aromatic carbocycles. The molecule has 2 rings (SSSR count). The molecular weight excluding hydrogens is 294 g/mol. The zero-order chi connectivity index (χ0) is 15.6. The van der Waals surface area contributed by atoms with Crippen molar-refractivity contribution >= 4 is 23.0 Å². The van der Waals surface area contributed by atoms with Crippen molar-refractivity contribution in [1.82, 2.24) is 0 Å². The van der Waals surface area contributed by atoms with Crippen molar-refractivity contribution in [3.8, 4) is 0 Å². The monoisotopic (exact) mass is 310 g/mol. The predicted octanol–water partition coefficient (Wildman–Crippen LogP) is 4.86. The first-order valence-corrected chi connectivity index (χ1v) is 6.95. The Morgan fingerprint density at radius 2 is 1.71 bits per heavy atom. The van der Waals surface area contributed by atoms with E-state index in [1.165, 1.54) is 18.2 Å². The number of anilines is 2. The van der Waals surface area contributed by atoms with Crippen LogP contribution >= 0.6 is 11.6 Å². The number of rotatable bonds is 4. The molecule has 5 heteroatoms. The summed E-state index contributed by atoms with van der Waals surface area (Å²) >= 11 is 6.01. The van der Waals surface area contributed by atoms with Crippen molar-refractivity contribution in [3.63, 3.8) is 0 Å². The van der Waals surface area contributed by atoms with Crippen molar-refractivity contribution in [2.24, 2.45) is 0 Å². The lowest BCUT2D eigenvalue weighted by atomic mass is 10.1. The summed E-state index contributed by atoms with van der Waals surface area (Å²) in [5.41, 5.74) is 1.63. The predicted molar refractivity (Wildman–Crippen MR) is 84.2 cm³/mol. The average molecular weight is 311 g/mol. The number of halogens is 3. The molecule has 21 heavy (non-hydrogen) atoms. The summed E-state index contributed by atoms with van der Waals surface area (Å²) in [5.74, 6) is -1.13. The zero-order valence-electron chi connectivity index (χ0n) is 12.1. The zero-order valence-corrected chi connectivity index (χ0v) is 12.9. The fourth-order valence-corrected chi connectivity index (χ4v) is 2.42. The molecular formula is C16H17ClF2N2. The number of nitrogens with zero attached hydrogens (tertiary/aromatic N) is 1. The van der Waals surface area contributed by atoms with Crippen LogP contribution in [0, 0.1) is 11.6 Å². The molecule has 0 saturated heterocycles. The average Bonchev–Trinajstić information content (AvgIpc) is 2.38. The fraction of sp³-hybridized carbons (Fsp3) is 0.250. The van der Waals surface area contributed by atoms with Gasteiger partial charge in [0.15, 0.2) is 0 Å². The van der Waals surface area contributed by atoms with E-state index in [4.69, 9.17) is 11.6 Å². The quantitative estimate of drug-likeness (QED) is 0.867. The van der Waals surface area contributed by atoms with Crippen LogP contribution in [0.4, 0.5) is 20.2 Å². The molecule has 0 aliphatic carbocycles. The van der Waals surface area contributed by atoms with Crippen LogP contribution in [0.15, 0.2) is 36.4 Å². The van der Waals surface area contributed by atoms with E-state index in [1.807, 2.05) is 25.1 Å². The van der Waals surface area contributed by atoms with E-state index < -0.39 is 17.7 Å². The standard InChI is InChI=1S/C16H17ClF2N2/c1-10(16-12(18)5-4-6-13(16)19)20-14-9-11(17)7-8-15(14)21(2)3/h4-10,20H,1-3H3. The molecule has 1 atom stereocenters. The molecule has 0 fully saturated rings. The molecule has 0 aromatic heterocycles. The van der Waals surface area contributed by atoms with Gasteiger partial charge in [0, 0.05) is 24.7 Å². The summed E-state index contributed by atoms with van der Waals surface area (Å²) in [6.45, 7) is 1.71. The number of hydrogen-bond donors (Lipinski definition) is 1. The minimum absolute atomic E-state index is 0.0159.